The van der Waals surface area contributed by atoms with E-state index in [9.17, 15) is 19.5 Å². The molecule has 0 saturated carbocycles. The average Bonchev–Trinajstić information content (AvgIpc) is 3.16. The van der Waals surface area contributed by atoms with Crippen molar-refractivity contribution in [3.8, 4) is 16.9 Å². The molecule has 8 nitrogen and oxygen atoms in total. The van der Waals surface area contributed by atoms with Crippen LogP contribution in [0.1, 0.15) is 40.7 Å². The molecule has 0 spiro atoms. The zero-order valence-corrected chi connectivity index (χ0v) is 19.4. The first-order chi connectivity index (χ1) is 16.9. The fourth-order valence-electron chi connectivity index (χ4n) is 4.31. The SMILES string of the molecule is COc1ccc(C(=O)O)cc1NC(=O)C[C@H](C)NC(=O)OCC1c2ccccc2-c2ccccc21. The van der Waals surface area contributed by atoms with Crippen molar-refractivity contribution < 1.29 is 29.0 Å². The van der Waals surface area contributed by atoms with Gasteiger partial charge >= 0.3 is 12.1 Å². The van der Waals surface area contributed by atoms with Crippen LogP contribution in [0.15, 0.2) is 66.7 Å². The number of rotatable bonds is 8. The first kappa shape index (κ1) is 23.8. The number of alkyl carbamates (subject to hydrolysis) is 1. The lowest BCUT2D eigenvalue weighted by molar-refractivity contribution is -0.116. The van der Waals surface area contributed by atoms with Crippen LogP contribution < -0.4 is 15.4 Å². The maximum Gasteiger partial charge on any atom is 0.407 e. The lowest BCUT2D eigenvalue weighted by atomic mass is 9.98. The van der Waals surface area contributed by atoms with Crippen LogP contribution in [-0.4, -0.2) is 42.8 Å². The molecule has 3 aromatic carbocycles. The molecule has 1 atom stereocenters. The molecule has 2 amide bonds. The van der Waals surface area contributed by atoms with Gasteiger partial charge in [0.25, 0.3) is 0 Å². The van der Waals surface area contributed by atoms with Crippen LogP contribution in [0.5, 0.6) is 5.75 Å². The minimum Gasteiger partial charge on any atom is -0.495 e. The van der Waals surface area contributed by atoms with Crippen LogP contribution in [0, 0.1) is 0 Å². The van der Waals surface area contributed by atoms with Gasteiger partial charge < -0.3 is 25.2 Å². The van der Waals surface area contributed by atoms with Crippen LogP contribution >= 0.6 is 0 Å². The lowest BCUT2D eigenvalue weighted by Gasteiger charge is -2.17. The lowest BCUT2D eigenvalue weighted by Crippen LogP contribution is -2.36. The molecule has 3 N–H and O–H groups in total. The monoisotopic (exact) mass is 474 g/mol. The summed E-state index contributed by atoms with van der Waals surface area (Å²) in [5.74, 6) is -1.24. The predicted molar refractivity (Wildman–Crippen MR) is 131 cm³/mol. The summed E-state index contributed by atoms with van der Waals surface area (Å²) in [7, 11) is 1.42. The number of ether oxygens (including phenoxy) is 2. The van der Waals surface area contributed by atoms with Crippen molar-refractivity contribution in [1.29, 1.82) is 0 Å². The summed E-state index contributed by atoms with van der Waals surface area (Å²) in [6, 6.07) is 19.8. The maximum absolute atomic E-state index is 12.5. The Morgan fingerprint density at radius 3 is 2.20 bits per heavy atom. The Bertz CT molecular complexity index is 1230. The molecule has 8 heteroatoms. The molecule has 1 aliphatic rings. The number of amides is 2. The number of benzene rings is 3. The number of aromatic carboxylic acids is 1. The standard InChI is InChI=1S/C27H26N2O6/c1-16(13-25(30)29-23-14-17(26(31)32)11-12-24(23)34-2)28-27(33)35-15-22-20-9-5-3-7-18(20)19-8-4-6-10-21(19)22/h3-12,14,16,22H,13,15H2,1-2H3,(H,28,33)(H,29,30)(H,31,32)/t16-/m0/s1. The molecule has 0 unspecified atom stereocenters. The molecule has 0 radical (unpaired) electrons. The Morgan fingerprint density at radius 2 is 1.60 bits per heavy atom. The number of methoxy groups -OCH3 is 1. The van der Waals surface area contributed by atoms with Gasteiger partial charge in [-0.1, -0.05) is 48.5 Å². The molecule has 35 heavy (non-hydrogen) atoms. The fraction of sp³-hybridized carbons (Fsp3) is 0.222. The van der Waals surface area contributed by atoms with E-state index < -0.39 is 24.0 Å². The van der Waals surface area contributed by atoms with E-state index in [4.69, 9.17) is 9.47 Å². The molecule has 4 rings (SSSR count). The quantitative estimate of drug-likeness (QED) is 0.438. The largest absolute Gasteiger partial charge is 0.495 e. The number of hydrogen-bond acceptors (Lipinski definition) is 5. The van der Waals surface area contributed by atoms with Gasteiger partial charge in [-0.05, 0) is 47.4 Å². The van der Waals surface area contributed by atoms with Crippen molar-refractivity contribution in [2.24, 2.45) is 0 Å². The van der Waals surface area contributed by atoms with Gasteiger partial charge in [0.05, 0.1) is 18.4 Å². The summed E-state index contributed by atoms with van der Waals surface area (Å²) in [5, 5.41) is 14.5. The van der Waals surface area contributed by atoms with Crippen molar-refractivity contribution in [1.82, 2.24) is 5.32 Å². The number of carboxylic acid groups (broad SMARTS) is 1. The van der Waals surface area contributed by atoms with E-state index in [2.05, 4.69) is 22.8 Å². The minimum atomic E-state index is -1.12. The highest BCUT2D eigenvalue weighted by atomic mass is 16.5. The summed E-state index contributed by atoms with van der Waals surface area (Å²) in [6.07, 6.45) is -0.650. The van der Waals surface area contributed by atoms with Crippen molar-refractivity contribution in [3.63, 3.8) is 0 Å². The van der Waals surface area contributed by atoms with Crippen molar-refractivity contribution in [2.45, 2.75) is 25.3 Å². The highest BCUT2D eigenvalue weighted by Gasteiger charge is 2.29. The zero-order valence-electron chi connectivity index (χ0n) is 19.4. The van der Waals surface area contributed by atoms with Crippen molar-refractivity contribution in [3.05, 3.63) is 83.4 Å². The summed E-state index contributed by atoms with van der Waals surface area (Å²) in [6.45, 7) is 1.86. The van der Waals surface area contributed by atoms with E-state index in [0.29, 0.717) is 5.75 Å². The van der Waals surface area contributed by atoms with Gasteiger partial charge in [0.15, 0.2) is 0 Å². The number of carbonyl (C=O) groups excluding carboxylic acids is 2. The third-order valence-corrected chi connectivity index (χ3v) is 5.92. The first-order valence-electron chi connectivity index (χ1n) is 11.2. The molecule has 0 fully saturated rings. The first-order valence-corrected chi connectivity index (χ1v) is 11.2. The Labute approximate surface area is 202 Å². The van der Waals surface area contributed by atoms with Crippen molar-refractivity contribution in [2.75, 3.05) is 19.0 Å². The minimum absolute atomic E-state index is 0.0194. The van der Waals surface area contributed by atoms with Gasteiger partial charge in [-0.25, -0.2) is 9.59 Å². The van der Waals surface area contributed by atoms with Crippen LogP contribution in [0.4, 0.5) is 10.5 Å². The fourth-order valence-corrected chi connectivity index (χ4v) is 4.31. The molecule has 0 aromatic heterocycles. The highest BCUT2D eigenvalue weighted by molar-refractivity contribution is 5.96. The van der Waals surface area contributed by atoms with Gasteiger partial charge in [-0.15, -0.1) is 0 Å². The van der Waals surface area contributed by atoms with Crippen LogP contribution in [0.3, 0.4) is 0 Å². The maximum atomic E-state index is 12.5. The second kappa shape index (κ2) is 10.3. The van der Waals surface area contributed by atoms with Gasteiger partial charge in [-0.2, -0.15) is 0 Å². The number of fused-ring (bicyclic) bond motifs is 3. The Morgan fingerprint density at radius 1 is 0.971 bits per heavy atom. The van der Waals surface area contributed by atoms with Crippen LogP contribution in [0.25, 0.3) is 11.1 Å². The smallest absolute Gasteiger partial charge is 0.407 e. The molecular weight excluding hydrogens is 448 g/mol. The number of nitrogens with one attached hydrogen (secondary N) is 2. The molecule has 0 bridgehead atoms. The van der Waals surface area contributed by atoms with E-state index in [-0.39, 0.29) is 30.2 Å². The Hall–Kier alpha value is -4.33. The van der Waals surface area contributed by atoms with E-state index >= 15 is 0 Å². The van der Waals surface area contributed by atoms with Crippen LogP contribution in [-0.2, 0) is 9.53 Å². The third-order valence-electron chi connectivity index (χ3n) is 5.92. The summed E-state index contributed by atoms with van der Waals surface area (Å²) >= 11 is 0. The topological polar surface area (TPSA) is 114 Å². The highest BCUT2D eigenvalue weighted by Crippen LogP contribution is 2.44. The van der Waals surface area contributed by atoms with E-state index in [0.717, 1.165) is 22.3 Å². The number of anilines is 1. The van der Waals surface area contributed by atoms with E-state index in [1.54, 1.807) is 6.92 Å². The second-order valence-corrected chi connectivity index (χ2v) is 8.34. The number of carbonyl (C=O) groups is 3. The Balaban J connectivity index is 1.32. The number of hydrogen-bond donors (Lipinski definition) is 3. The second-order valence-electron chi connectivity index (χ2n) is 8.34. The molecule has 0 heterocycles. The normalized spacial score (nSPS) is 12.7. The molecule has 1 aliphatic carbocycles. The van der Waals surface area contributed by atoms with E-state index in [1.165, 1.54) is 25.3 Å². The van der Waals surface area contributed by atoms with Gasteiger partial charge in [0.1, 0.15) is 12.4 Å². The summed E-state index contributed by atoms with van der Waals surface area (Å²) in [5.41, 5.74) is 4.78. The zero-order chi connectivity index (χ0) is 24.9. The molecule has 0 aliphatic heterocycles. The molecule has 3 aromatic rings. The average molecular weight is 475 g/mol. The van der Waals surface area contributed by atoms with Gasteiger partial charge in [0, 0.05) is 18.4 Å². The summed E-state index contributed by atoms with van der Waals surface area (Å²) in [4.78, 5) is 36.1. The molecule has 180 valence electrons. The Kier molecular flexibility index (Phi) is 7.01. The summed E-state index contributed by atoms with van der Waals surface area (Å²) < 4.78 is 10.7. The molecular formula is C27H26N2O6. The van der Waals surface area contributed by atoms with E-state index in [1.807, 2.05) is 36.4 Å². The predicted octanol–water partition coefficient (Wildman–Crippen LogP) is 4.65. The van der Waals surface area contributed by atoms with Gasteiger partial charge in [0.2, 0.25) is 5.91 Å². The number of carboxylic acids is 1. The third kappa shape index (κ3) is 5.27. The van der Waals surface area contributed by atoms with Crippen molar-refractivity contribution >= 4 is 23.7 Å². The van der Waals surface area contributed by atoms with Gasteiger partial charge in [-0.3, -0.25) is 4.79 Å². The molecule has 0 saturated heterocycles. The van der Waals surface area contributed by atoms with Crippen LogP contribution in [0.2, 0.25) is 0 Å².